The lowest BCUT2D eigenvalue weighted by Crippen LogP contribution is -2.03. The molecule has 3 aromatic carbocycles. The molecule has 2 heterocycles. The molecule has 0 fully saturated rings. The van der Waals surface area contributed by atoms with E-state index in [1.54, 1.807) is 6.20 Å². The molecule has 0 amide bonds. The standard InChI is InChI=1S/C21H13Cl2N3O3S/c22-15-9-14(11-5-6-17-13(7-11)10-24-26-17)19(20(23)21(15)30(27,28)29)18-8-12-3-1-2-4-16(12)25-18/h1-10,25H,(H,24,26)(H,27,28,29). The quantitative estimate of drug-likeness (QED) is 0.292. The third-order valence-electron chi connectivity index (χ3n) is 4.98. The van der Waals surface area contributed by atoms with E-state index in [9.17, 15) is 13.0 Å². The van der Waals surface area contributed by atoms with Gasteiger partial charge in [0, 0.05) is 27.5 Å². The van der Waals surface area contributed by atoms with Gasteiger partial charge < -0.3 is 4.98 Å². The smallest absolute Gasteiger partial charge is 0.297 e. The lowest BCUT2D eigenvalue weighted by Gasteiger charge is -2.15. The molecular formula is C21H13Cl2N3O3S. The maximum Gasteiger partial charge on any atom is 0.297 e. The molecule has 9 heteroatoms. The summed E-state index contributed by atoms with van der Waals surface area (Å²) in [5.41, 5.74) is 4.13. The fraction of sp³-hybridized carbons (Fsp3) is 0. The number of hydrogen-bond acceptors (Lipinski definition) is 3. The van der Waals surface area contributed by atoms with E-state index < -0.39 is 15.0 Å². The SMILES string of the molecule is O=S(=O)(O)c1c(Cl)cc(-c2ccc3[nH]ncc3c2)c(-c2cc3ccccc3[nH]2)c1Cl. The molecule has 3 N–H and O–H groups in total. The lowest BCUT2D eigenvalue weighted by molar-refractivity contribution is 0.483. The molecule has 0 radical (unpaired) electrons. The summed E-state index contributed by atoms with van der Waals surface area (Å²) in [6.45, 7) is 0. The summed E-state index contributed by atoms with van der Waals surface area (Å²) in [6.07, 6.45) is 1.69. The highest BCUT2D eigenvalue weighted by atomic mass is 35.5. The van der Waals surface area contributed by atoms with Crippen molar-refractivity contribution in [3.63, 3.8) is 0 Å². The van der Waals surface area contributed by atoms with Gasteiger partial charge in [-0.25, -0.2) is 0 Å². The van der Waals surface area contributed by atoms with Gasteiger partial charge in [0.25, 0.3) is 10.1 Å². The Morgan fingerprint density at radius 1 is 0.933 bits per heavy atom. The fourth-order valence-electron chi connectivity index (χ4n) is 3.65. The van der Waals surface area contributed by atoms with Gasteiger partial charge in [0.1, 0.15) is 4.90 Å². The Morgan fingerprint density at radius 2 is 1.73 bits per heavy atom. The van der Waals surface area contributed by atoms with Gasteiger partial charge in [0.15, 0.2) is 0 Å². The van der Waals surface area contributed by atoms with E-state index in [0.717, 1.165) is 27.4 Å². The van der Waals surface area contributed by atoms with E-state index >= 15 is 0 Å². The molecule has 0 spiro atoms. The summed E-state index contributed by atoms with van der Waals surface area (Å²) in [4.78, 5) is 2.75. The summed E-state index contributed by atoms with van der Waals surface area (Å²) < 4.78 is 33.7. The molecule has 0 aliphatic rings. The van der Waals surface area contributed by atoms with E-state index in [1.807, 2.05) is 48.5 Å². The molecule has 2 aromatic heterocycles. The van der Waals surface area contributed by atoms with E-state index in [-0.39, 0.29) is 10.0 Å². The third-order valence-corrected chi connectivity index (χ3v) is 6.82. The second kappa shape index (κ2) is 6.85. The second-order valence-corrected chi connectivity index (χ2v) is 8.98. The lowest BCUT2D eigenvalue weighted by atomic mass is 9.96. The number of rotatable bonds is 3. The van der Waals surface area contributed by atoms with E-state index in [2.05, 4.69) is 15.2 Å². The third kappa shape index (κ3) is 3.07. The number of benzene rings is 3. The normalized spacial score (nSPS) is 12.1. The maximum absolute atomic E-state index is 12.0. The first-order chi connectivity index (χ1) is 14.3. The van der Waals surface area contributed by atoms with Crippen molar-refractivity contribution >= 4 is 55.1 Å². The average Bonchev–Trinajstić information content (AvgIpc) is 3.32. The number of nitrogens with one attached hydrogen (secondary N) is 2. The number of fused-ring (bicyclic) bond motifs is 2. The molecule has 0 aliphatic heterocycles. The molecule has 0 unspecified atom stereocenters. The topological polar surface area (TPSA) is 98.8 Å². The summed E-state index contributed by atoms with van der Waals surface area (Å²) >= 11 is 12.8. The van der Waals surface area contributed by atoms with Gasteiger partial charge in [0.2, 0.25) is 0 Å². The van der Waals surface area contributed by atoms with Gasteiger partial charge in [-0.1, -0.05) is 47.5 Å². The zero-order chi connectivity index (χ0) is 21.0. The van der Waals surface area contributed by atoms with E-state index in [4.69, 9.17) is 23.2 Å². The molecule has 0 saturated carbocycles. The van der Waals surface area contributed by atoms with Crippen LogP contribution < -0.4 is 0 Å². The zero-order valence-electron chi connectivity index (χ0n) is 15.1. The Kier molecular flexibility index (Phi) is 4.37. The van der Waals surface area contributed by atoms with Crippen LogP contribution in [-0.4, -0.2) is 28.2 Å². The van der Waals surface area contributed by atoms with Crippen LogP contribution in [-0.2, 0) is 10.1 Å². The van der Waals surface area contributed by atoms with Crippen LogP contribution in [0, 0.1) is 0 Å². The van der Waals surface area contributed by atoms with Crippen LogP contribution in [0.2, 0.25) is 10.0 Å². The van der Waals surface area contributed by atoms with E-state index in [1.165, 1.54) is 6.07 Å². The number of aromatic amines is 2. The van der Waals surface area contributed by atoms with Crippen LogP contribution >= 0.6 is 23.2 Å². The van der Waals surface area contributed by atoms with Gasteiger partial charge in [-0.05, 0) is 41.5 Å². The highest BCUT2D eigenvalue weighted by Gasteiger charge is 2.26. The Labute approximate surface area is 181 Å². The second-order valence-electron chi connectivity index (χ2n) is 6.84. The van der Waals surface area contributed by atoms with Crippen LogP contribution in [0.3, 0.4) is 0 Å². The van der Waals surface area contributed by atoms with Crippen molar-refractivity contribution in [1.82, 2.24) is 15.2 Å². The maximum atomic E-state index is 12.0. The molecule has 5 aromatic rings. The fourth-order valence-corrected chi connectivity index (χ4v) is 5.42. The molecule has 0 aliphatic carbocycles. The first-order valence-corrected chi connectivity index (χ1v) is 11.0. The minimum absolute atomic E-state index is 0.154. The number of nitrogens with zero attached hydrogens (tertiary/aromatic N) is 1. The largest absolute Gasteiger partial charge is 0.354 e. The first-order valence-electron chi connectivity index (χ1n) is 8.84. The molecule has 0 saturated heterocycles. The highest BCUT2D eigenvalue weighted by molar-refractivity contribution is 7.86. The molecule has 6 nitrogen and oxygen atoms in total. The Bertz CT molecular complexity index is 1520. The van der Waals surface area contributed by atoms with Crippen molar-refractivity contribution in [2.75, 3.05) is 0 Å². The number of aromatic nitrogens is 3. The molecular weight excluding hydrogens is 445 g/mol. The summed E-state index contributed by atoms with van der Waals surface area (Å²) in [5, 5.41) is 8.42. The minimum atomic E-state index is -4.64. The van der Waals surface area contributed by atoms with Gasteiger partial charge in [-0.15, -0.1) is 0 Å². The molecule has 30 heavy (non-hydrogen) atoms. The molecule has 5 rings (SSSR count). The Balaban J connectivity index is 1.87. The van der Waals surface area contributed by atoms with Crippen LogP contribution in [0.4, 0.5) is 0 Å². The average molecular weight is 458 g/mol. The Morgan fingerprint density at radius 3 is 2.50 bits per heavy atom. The van der Waals surface area contributed by atoms with Gasteiger partial charge in [0.05, 0.1) is 21.8 Å². The molecule has 150 valence electrons. The highest BCUT2D eigenvalue weighted by Crippen LogP contribution is 2.45. The van der Waals surface area contributed by atoms with Crippen LogP contribution in [0.1, 0.15) is 0 Å². The van der Waals surface area contributed by atoms with Gasteiger partial charge >= 0.3 is 0 Å². The summed E-state index contributed by atoms with van der Waals surface area (Å²) in [6, 6.07) is 16.6. The summed E-state index contributed by atoms with van der Waals surface area (Å²) in [7, 11) is -4.64. The zero-order valence-corrected chi connectivity index (χ0v) is 17.5. The van der Waals surface area contributed by atoms with Crippen molar-refractivity contribution in [3.05, 3.63) is 70.8 Å². The van der Waals surface area contributed by atoms with Crippen molar-refractivity contribution in [3.8, 4) is 22.4 Å². The van der Waals surface area contributed by atoms with Crippen molar-refractivity contribution < 1.29 is 13.0 Å². The van der Waals surface area contributed by atoms with Crippen molar-refractivity contribution in [2.24, 2.45) is 0 Å². The van der Waals surface area contributed by atoms with Crippen LogP contribution in [0.25, 0.3) is 44.2 Å². The van der Waals surface area contributed by atoms with Gasteiger partial charge in [-0.3, -0.25) is 9.65 Å². The predicted molar refractivity (Wildman–Crippen MR) is 119 cm³/mol. The van der Waals surface area contributed by atoms with Crippen molar-refractivity contribution in [2.45, 2.75) is 4.90 Å². The summed E-state index contributed by atoms with van der Waals surface area (Å²) in [5.74, 6) is 0. The number of hydrogen-bond donors (Lipinski definition) is 3. The first kappa shape index (κ1) is 19.1. The number of para-hydroxylation sites is 1. The number of halogens is 2. The molecule has 0 bridgehead atoms. The van der Waals surface area contributed by atoms with Gasteiger partial charge in [-0.2, -0.15) is 13.5 Å². The Hall–Kier alpha value is -2.84. The van der Waals surface area contributed by atoms with Crippen molar-refractivity contribution in [1.29, 1.82) is 0 Å². The van der Waals surface area contributed by atoms with Crippen LogP contribution in [0.15, 0.2) is 65.7 Å². The van der Waals surface area contributed by atoms with Crippen LogP contribution in [0.5, 0.6) is 0 Å². The number of H-pyrrole nitrogens is 2. The predicted octanol–water partition coefficient (Wildman–Crippen LogP) is 5.93. The minimum Gasteiger partial charge on any atom is -0.354 e. The monoisotopic (exact) mass is 457 g/mol. The van der Waals surface area contributed by atoms with E-state index in [0.29, 0.717) is 16.8 Å². The molecule has 0 atom stereocenters.